The summed E-state index contributed by atoms with van der Waals surface area (Å²) in [5.41, 5.74) is 15.8. The quantitative estimate of drug-likeness (QED) is 0.0618. The number of allylic oxidation sites excluding steroid dienone is 2. The maximum atomic E-state index is 14.0. The molecule has 5 heterocycles. The number of nitrogens with zero attached hydrogens (tertiary/aromatic N) is 10. The van der Waals surface area contributed by atoms with Gasteiger partial charge in [-0.25, -0.2) is 15.0 Å². The Morgan fingerprint density at radius 3 is 2.05 bits per heavy atom. The monoisotopic (exact) mass is 832 g/mol. The molecule has 1 fully saturated rings. The van der Waals surface area contributed by atoms with Crippen LogP contribution in [0.2, 0.25) is 0 Å². The molecule has 0 saturated heterocycles. The van der Waals surface area contributed by atoms with E-state index in [4.69, 9.17) is 21.2 Å². The van der Waals surface area contributed by atoms with Gasteiger partial charge in [0, 0.05) is 50.4 Å². The highest BCUT2D eigenvalue weighted by molar-refractivity contribution is 6.05. The summed E-state index contributed by atoms with van der Waals surface area (Å²) >= 11 is 0. The lowest BCUT2D eigenvalue weighted by atomic mass is 10.1. The van der Waals surface area contributed by atoms with Crippen molar-refractivity contribution in [3.8, 4) is 5.75 Å². The number of aryl methyl sites for hydroxylation is 3. The van der Waals surface area contributed by atoms with E-state index in [0.29, 0.717) is 70.6 Å². The molecular weight excluding hydrogens is 781 g/mol. The molecule has 1 saturated carbocycles. The first-order chi connectivity index (χ1) is 29.4. The lowest BCUT2D eigenvalue weighted by molar-refractivity contribution is 0.0991. The summed E-state index contributed by atoms with van der Waals surface area (Å²) in [6, 6.07) is 8.24. The Hall–Kier alpha value is -6.89. The molecule has 0 unspecified atom stereocenters. The molecule has 1 aliphatic rings. The fourth-order valence-electron chi connectivity index (χ4n) is 7.28. The van der Waals surface area contributed by atoms with E-state index in [9.17, 15) is 19.2 Å². The molecule has 1 aliphatic carbocycles. The third-order valence-electron chi connectivity index (χ3n) is 10.7. The Labute approximate surface area is 352 Å². The van der Waals surface area contributed by atoms with Gasteiger partial charge in [-0.05, 0) is 83.5 Å². The minimum absolute atomic E-state index is 0.170. The second kappa shape index (κ2) is 18.2. The number of nitrogens with two attached hydrogens (primary N) is 2. The lowest BCUT2D eigenvalue weighted by Gasteiger charge is -2.18. The van der Waals surface area contributed by atoms with Gasteiger partial charge in [0.1, 0.15) is 28.2 Å². The van der Waals surface area contributed by atoms with Crippen molar-refractivity contribution in [1.29, 1.82) is 0 Å². The van der Waals surface area contributed by atoms with Crippen molar-refractivity contribution >= 4 is 57.7 Å². The van der Waals surface area contributed by atoms with E-state index >= 15 is 0 Å². The highest BCUT2D eigenvalue weighted by Gasteiger charge is 2.29. The summed E-state index contributed by atoms with van der Waals surface area (Å²) in [4.78, 5) is 68.3. The van der Waals surface area contributed by atoms with Crippen LogP contribution in [0.4, 0.5) is 11.9 Å². The summed E-state index contributed by atoms with van der Waals surface area (Å²) in [5, 5.41) is 15.0. The van der Waals surface area contributed by atoms with Gasteiger partial charge in [0.05, 0.1) is 29.1 Å². The molecule has 0 atom stereocenters. The van der Waals surface area contributed by atoms with Crippen molar-refractivity contribution in [2.75, 3.05) is 36.9 Å². The summed E-state index contributed by atoms with van der Waals surface area (Å²) in [6.45, 7) is 14.3. The SMILES string of the molecule is CCN(CC)CCCOc1cc(C(N)=O)cc2nc(NC(=O)c3cc(C4CC4)nn3CC)n(C/C=C/Cn3c(NC(=O)c4cc(C)nn4CC)nc4cc(C(N)=O)cnc43)c12. The first-order valence-electron chi connectivity index (χ1n) is 20.7. The molecule has 7 rings (SSSR count). The molecule has 19 nitrogen and oxygen atoms in total. The van der Waals surface area contributed by atoms with Gasteiger partial charge in [0.15, 0.2) is 5.65 Å². The Bertz CT molecular complexity index is 2640. The van der Waals surface area contributed by atoms with Crippen LogP contribution in [0.15, 0.2) is 48.7 Å². The molecule has 5 aromatic heterocycles. The number of fused-ring (bicyclic) bond motifs is 2. The van der Waals surface area contributed by atoms with Crippen LogP contribution in [0, 0.1) is 6.92 Å². The van der Waals surface area contributed by atoms with Crippen LogP contribution in [0.1, 0.15) is 106 Å². The van der Waals surface area contributed by atoms with Crippen LogP contribution in [0.25, 0.3) is 22.2 Å². The van der Waals surface area contributed by atoms with Gasteiger partial charge in [0.25, 0.3) is 11.8 Å². The van der Waals surface area contributed by atoms with Crippen molar-refractivity contribution < 1.29 is 23.9 Å². The molecular formula is C42H52N14O5. The zero-order chi connectivity index (χ0) is 43.4. The lowest BCUT2D eigenvalue weighted by Crippen LogP contribution is -2.25. The number of carbonyl (C=O) groups excluding carboxylic acids is 4. The van der Waals surface area contributed by atoms with Gasteiger partial charge in [-0.3, -0.25) is 43.7 Å². The van der Waals surface area contributed by atoms with Crippen LogP contribution < -0.4 is 26.8 Å². The second-order valence-corrected chi connectivity index (χ2v) is 14.9. The highest BCUT2D eigenvalue weighted by Crippen LogP contribution is 2.39. The molecule has 0 aliphatic heterocycles. The Balaban J connectivity index is 1.24. The molecule has 0 radical (unpaired) electrons. The maximum Gasteiger partial charge on any atom is 0.276 e. The maximum absolute atomic E-state index is 14.0. The van der Waals surface area contributed by atoms with Crippen molar-refractivity contribution in [2.45, 2.75) is 86.0 Å². The van der Waals surface area contributed by atoms with Crippen molar-refractivity contribution in [1.82, 2.24) is 48.5 Å². The molecule has 61 heavy (non-hydrogen) atoms. The van der Waals surface area contributed by atoms with E-state index in [1.165, 1.54) is 12.3 Å². The summed E-state index contributed by atoms with van der Waals surface area (Å²) < 4.78 is 13.2. The normalized spacial score (nSPS) is 12.9. The average molecular weight is 833 g/mol. The van der Waals surface area contributed by atoms with Crippen molar-refractivity contribution in [3.63, 3.8) is 0 Å². The first-order valence-corrected chi connectivity index (χ1v) is 20.7. The number of carbonyl (C=O) groups is 4. The number of aromatic nitrogens is 9. The zero-order valence-corrected chi connectivity index (χ0v) is 35.1. The average Bonchev–Trinajstić information content (AvgIpc) is 3.55. The predicted molar refractivity (Wildman–Crippen MR) is 230 cm³/mol. The van der Waals surface area contributed by atoms with E-state index in [0.717, 1.165) is 44.6 Å². The summed E-state index contributed by atoms with van der Waals surface area (Å²) in [7, 11) is 0. The molecule has 6 N–H and O–H groups in total. The molecule has 0 bridgehead atoms. The standard InChI is InChI=1S/C42H52N14O5/c1-6-52(7-2)15-12-18-61-34-22-27(36(43)57)20-30-35(34)53(41(46-30)48-40(60)33-23-29(26-13-14-26)51-56(33)9-4)16-10-11-17-54-38-31(21-28(24-45-38)37(44)58)47-42(54)49-39(59)32-19-25(5)50-55(32)8-3/h10-11,19-24,26H,6-9,12-18H2,1-5H3,(H2,43,57)(H2,44,58)(H,46,48,60)(H,47,49,59)/b11-10+. The van der Waals surface area contributed by atoms with E-state index in [-0.39, 0.29) is 42.0 Å². The molecule has 4 amide bonds. The van der Waals surface area contributed by atoms with Gasteiger partial charge >= 0.3 is 0 Å². The number of anilines is 2. The number of benzene rings is 1. The number of primary amides is 2. The first kappa shape index (κ1) is 42.2. The van der Waals surface area contributed by atoms with Gasteiger partial charge in [-0.1, -0.05) is 26.0 Å². The molecule has 0 spiro atoms. The Kier molecular flexibility index (Phi) is 12.6. The summed E-state index contributed by atoms with van der Waals surface area (Å²) in [5.74, 6) is -0.945. The van der Waals surface area contributed by atoms with Gasteiger partial charge < -0.3 is 25.7 Å². The van der Waals surface area contributed by atoms with Gasteiger partial charge in [-0.2, -0.15) is 10.2 Å². The molecule has 6 aromatic rings. The van der Waals surface area contributed by atoms with E-state index < -0.39 is 17.7 Å². The van der Waals surface area contributed by atoms with Crippen LogP contribution in [-0.4, -0.2) is 98.4 Å². The second-order valence-electron chi connectivity index (χ2n) is 14.9. The fourth-order valence-corrected chi connectivity index (χ4v) is 7.28. The Morgan fingerprint density at radius 1 is 0.803 bits per heavy atom. The Morgan fingerprint density at radius 2 is 1.41 bits per heavy atom. The third-order valence-corrected chi connectivity index (χ3v) is 10.7. The number of amides is 4. The van der Waals surface area contributed by atoms with Crippen molar-refractivity contribution in [3.05, 3.63) is 82.6 Å². The van der Waals surface area contributed by atoms with Crippen LogP contribution in [0.3, 0.4) is 0 Å². The van der Waals surface area contributed by atoms with E-state index in [2.05, 4.69) is 49.5 Å². The number of hydrogen-bond donors (Lipinski definition) is 4. The topological polar surface area (TPSA) is 241 Å². The minimum Gasteiger partial charge on any atom is -0.491 e. The van der Waals surface area contributed by atoms with Crippen LogP contribution >= 0.6 is 0 Å². The smallest absolute Gasteiger partial charge is 0.276 e. The minimum atomic E-state index is -0.662. The molecule has 19 heteroatoms. The largest absolute Gasteiger partial charge is 0.491 e. The van der Waals surface area contributed by atoms with E-state index in [1.807, 2.05) is 43.6 Å². The number of rotatable bonds is 20. The highest BCUT2D eigenvalue weighted by atomic mass is 16.5. The number of ether oxygens (including phenoxy) is 1. The van der Waals surface area contributed by atoms with Crippen LogP contribution in [-0.2, 0) is 26.2 Å². The van der Waals surface area contributed by atoms with E-state index in [1.54, 1.807) is 32.1 Å². The number of hydrogen-bond acceptors (Lipinski definition) is 11. The van der Waals surface area contributed by atoms with Gasteiger partial charge in [0.2, 0.25) is 23.7 Å². The van der Waals surface area contributed by atoms with Crippen molar-refractivity contribution in [2.24, 2.45) is 11.5 Å². The number of imidazole rings is 2. The summed E-state index contributed by atoms with van der Waals surface area (Å²) in [6.07, 6.45) is 7.91. The number of nitrogens with one attached hydrogen (secondary N) is 2. The number of pyridine rings is 1. The molecule has 320 valence electrons. The third kappa shape index (κ3) is 9.15. The fraction of sp³-hybridized carbons (Fsp3) is 0.405. The zero-order valence-electron chi connectivity index (χ0n) is 35.1. The molecule has 1 aromatic carbocycles. The predicted octanol–water partition coefficient (Wildman–Crippen LogP) is 4.47. The van der Waals surface area contributed by atoms with Gasteiger partial charge in [-0.15, -0.1) is 0 Å². The van der Waals surface area contributed by atoms with Crippen LogP contribution in [0.5, 0.6) is 5.75 Å².